The number of H-pyrrole nitrogens is 1. The van der Waals surface area contributed by atoms with E-state index < -0.39 is 0 Å². The minimum atomic E-state index is -0.207. The first-order chi connectivity index (χ1) is 11.5. The maximum absolute atomic E-state index is 12.2. The zero-order valence-corrected chi connectivity index (χ0v) is 14.1. The van der Waals surface area contributed by atoms with Gasteiger partial charge in [-0.05, 0) is 32.4 Å². The van der Waals surface area contributed by atoms with E-state index in [1.807, 2.05) is 31.6 Å². The number of hydrogen-bond acceptors (Lipinski definition) is 4. The van der Waals surface area contributed by atoms with Crippen molar-refractivity contribution in [1.29, 1.82) is 5.26 Å². The van der Waals surface area contributed by atoms with E-state index in [9.17, 15) is 4.79 Å². The summed E-state index contributed by atoms with van der Waals surface area (Å²) in [4.78, 5) is 15.0. The molecule has 0 aliphatic carbocycles. The van der Waals surface area contributed by atoms with Gasteiger partial charge in [0.2, 0.25) is 0 Å². The van der Waals surface area contributed by atoms with Crippen LogP contribution in [-0.2, 0) is 11.8 Å². The highest BCUT2D eigenvalue weighted by molar-refractivity contribution is 5.92. The highest BCUT2D eigenvalue weighted by Gasteiger charge is 2.33. The van der Waals surface area contributed by atoms with Gasteiger partial charge in [-0.2, -0.15) is 10.4 Å². The summed E-state index contributed by atoms with van der Waals surface area (Å²) < 4.78 is 7.80. The third kappa shape index (κ3) is 2.93. The van der Waals surface area contributed by atoms with Crippen LogP contribution < -0.4 is 5.32 Å². The number of amides is 1. The molecule has 3 heterocycles. The summed E-state index contributed by atoms with van der Waals surface area (Å²) in [5.41, 5.74) is 3.97. The first kappa shape index (κ1) is 16.3. The molecule has 3 rings (SSSR count). The molecule has 7 heteroatoms. The topological polar surface area (TPSA) is 95.7 Å². The molecule has 2 aromatic heterocycles. The van der Waals surface area contributed by atoms with E-state index in [2.05, 4.69) is 15.4 Å². The van der Waals surface area contributed by atoms with E-state index in [0.29, 0.717) is 24.5 Å². The van der Waals surface area contributed by atoms with Gasteiger partial charge in [0.1, 0.15) is 17.5 Å². The normalized spacial score (nSPS) is 20.1. The van der Waals surface area contributed by atoms with Gasteiger partial charge >= 0.3 is 0 Å². The predicted molar refractivity (Wildman–Crippen MR) is 87.3 cm³/mol. The third-order valence-corrected chi connectivity index (χ3v) is 4.64. The van der Waals surface area contributed by atoms with Crippen molar-refractivity contribution in [3.8, 4) is 6.07 Å². The molecule has 0 bridgehead atoms. The van der Waals surface area contributed by atoms with Gasteiger partial charge < -0.3 is 15.0 Å². The van der Waals surface area contributed by atoms with Crippen molar-refractivity contribution in [2.75, 3.05) is 13.2 Å². The number of aromatic amines is 1. The molecule has 0 spiro atoms. The zero-order chi connectivity index (χ0) is 17.3. The Morgan fingerprint density at radius 2 is 2.33 bits per heavy atom. The molecule has 1 fully saturated rings. The molecule has 126 valence electrons. The molecule has 1 saturated heterocycles. The molecule has 1 aliphatic heterocycles. The largest absolute Gasteiger partial charge is 0.373 e. The second kappa shape index (κ2) is 6.49. The highest BCUT2D eigenvalue weighted by atomic mass is 16.5. The summed E-state index contributed by atoms with van der Waals surface area (Å²) in [7, 11) is 1.93. The quantitative estimate of drug-likeness (QED) is 0.894. The lowest BCUT2D eigenvalue weighted by Gasteiger charge is -2.19. The number of nitrogens with zero attached hydrogens (tertiary/aromatic N) is 3. The van der Waals surface area contributed by atoms with Crippen LogP contribution in [0.25, 0.3) is 0 Å². The summed E-state index contributed by atoms with van der Waals surface area (Å²) in [5.74, 6) is 0.00253. The van der Waals surface area contributed by atoms with Gasteiger partial charge in [-0.1, -0.05) is 0 Å². The van der Waals surface area contributed by atoms with Crippen LogP contribution >= 0.6 is 0 Å². The molecule has 0 radical (unpaired) electrons. The minimum Gasteiger partial charge on any atom is -0.373 e. The predicted octanol–water partition coefficient (Wildman–Crippen LogP) is 1.74. The number of carbonyl (C=O) groups is 1. The Morgan fingerprint density at radius 1 is 1.54 bits per heavy atom. The van der Waals surface area contributed by atoms with E-state index in [0.717, 1.165) is 23.4 Å². The van der Waals surface area contributed by atoms with Gasteiger partial charge in [-0.3, -0.25) is 9.48 Å². The molecule has 1 amide bonds. The van der Waals surface area contributed by atoms with Crippen LogP contribution in [0.2, 0.25) is 0 Å². The van der Waals surface area contributed by atoms with Crippen LogP contribution in [0.5, 0.6) is 0 Å². The fourth-order valence-corrected chi connectivity index (χ4v) is 3.28. The molecule has 7 nitrogen and oxygen atoms in total. The monoisotopic (exact) mass is 327 g/mol. The van der Waals surface area contributed by atoms with Gasteiger partial charge in [0, 0.05) is 37.4 Å². The van der Waals surface area contributed by atoms with Crippen molar-refractivity contribution in [3.05, 3.63) is 40.5 Å². The Kier molecular flexibility index (Phi) is 4.40. The number of carbonyl (C=O) groups excluding carboxylic acids is 1. The Labute approximate surface area is 140 Å². The van der Waals surface area contributed by atoms with Crippen molar-refractivity contribution in [3.63, 3.8) is 0 Å². The lowest BCUT2D eigenvalue weighted by molar-refractivity contribution is 0.0838. The zero-order valence-electron chi connectivity index (χ0n) is 14.1. The molecule has 0 unspecified atom stereocenters. The highest BCUT2D eigenvalue weighted by Crippen LogP contribution is 2.37. The molecule has 2 N–H and O–H groups in total. The SMILES string of the molecule is Cc1nn(C)c(C)c1[C@H]1OCC[C@@H]1CNC(=O)c1ccc(C#N)[nH]1. The number of rotatable bonds is 4. The summed E-state index contributed by atoms with van der Waals surface area (Å²) in [6.45, 7) is 5.23. The maximum Gasteiger partial charge on any atom is 0.267 e. The fourth-order valence-electron chi connectivity index (χ4n) is 3.28. The van der Waals surface area contributed by atoms with Crippen molar-refractivity contribution in [2.45, 2.75) is 26.4 Å². The maximum atomic E-state index is 12.2. The average Bonchev–Trinajstić information content (AvgIpc) is 3.26. The van der Waals surface area contributed by atoms with Crippen molar-refractivity contribution in [2.24, 2.45) is 13.0 Å². The van der Waals surface area contributed by atoms with Crippen molar-refractivity contribution < 1.29 is 9.53 Å². The molecule has 2 aromatic rings. The van der Waals surface area contributed by atoms with Crippen LogP contribution in [0.3, 0.4) is 0 Å². The number of nitriles is 1. The van der Waals surface area contributed by atoms with Gasteiger partial charge in [-0.25, -0.2) is 0 Å². The molecule has 24 heavy (non-hydrogen) atoms. The number of nitrogens with one attached hydrogen (secondary N) is 2. The first-order valence-electron chi connectivity index (χ1n) is 8.00. The van der Waals surface area contributed by atoms with Gasteiger partial charge in [-0.15, -0.1) is 0 Å². The lowest BCUT2D eigenvalue weighted by Crippen LogP contribution is -2.31. The van der Waals surface area contributed by atoms with Crippen LogP contribution in [0, 0.1) is 31.1 Å². The fraction of sp³-hybridized carbons (Fsp3) is 0.471. The van der Waals surface area contributed by atoms with E-state index >= 15 is 0 Å². The number of ether oxygens (including phenoxy) is 1. The van der Waals surface area contributed by atoms with Crippen LogP contribution in [-0.4, -0.2) is 33.8 Å². The Hall–Kier alpha value is -2.59. The second-order valence-corrected chi connectivity index (χ2v) is 6.16. The molecular weight excluding hydrogens is 306 g/mol. The molecule has 0 aromatic carbocycles. The summed E-state index contributed by atoms with van der Waals surface area (Å²) in [6, 6.07) is 5.19. The second-order valence-electron chi connectivity index (χ2n) is 6.16. The van der Waals surface area contributed by atoms with Crippen molar-refractivity contribution in [1.82, 2.24) is 20.1 Å². The molecular formula is C17H21N5O2. The summed E-state index contributed by atoms with van der Waals surface area (Å²) >= 11 is 0. The Bertz CT molecular complexity index is 798. The summed E-state index contributed by atoms with van der Waals surface area (Å²) in [5, 5.41) is 16.2. The molecule has 0 saturated carbocycles. The lowest BCUT2D eigenvalue weighted by atomic mass is 9.94. The van der Waals surface area contributed by atoms with Crippen LogP contribution in [0.15, 0.2) is 12.1 Å². The van der Waals surface area contributed by atoms with Gasteiger partial charge in [0.05, 0.1) is 11.8 Å². The minimum absolute atomic E-state index is 0.0442. The molecule has 2 atom stereocenters. The van der Waals surface area contributed by atoms with E-state index in [4.69, 9.17) is 10.00 Å². The van der Waals surface area contributed by atoms with E-state index in [1.54, 1.807) is 12.1 Å². The number of aromatic nitrogens is 3. The van der Waals surface area contributed by atoms with Gasteiger partial charge in [0.25, 0.3) is 5.91 Å². The average molecular weight is 327 g/mol. The van der Waals surface area contributed by atoms with Crippen LogP contribution in [0.1, 0.15) is 45.7 Å². The standard InChI is InChI=1S/C17H21N5O2/c1-10-15(11(2)22(3)21-10)16-12(6-7-24-16)9-19-17(23)14-5-4-13(8-18)20-14/h4-5,12,16,20H,6-7,9H2,1-3H3,(H,19,23)/t12-,16+/m1/s1. The van der Waals surface area contributed by atoms with E-state index in [-0.39, 0.29) is 17.9 Å². The Balaban J connectivity index is 1.68. The first-order valence-corrected chi connectivity index (χ1v) is 8.00. The summed E-state index contributed by atoms with van der Waals surface area (Å²) in [6.07, 6.45) is 0.852. The van der Waals surface area contributed by atoms with Crippen LogP contribution in [0.4, 0.5) is 0 Å². The number of hydrogen-bond donors (Lipinski definition) is 2. The Morgan fingerprint density at radius 3 is 2.96 bits per heavy atom. The number of aryl methyl sites for hydroxylation is 2. The third-order valence-electron chi connectivity index (χ3n) is 4.64. The van der Waals surface area contributed by atoms with E-state index in [1.165, 1.54) is 0 Å². The molecule has 1 aliphatic rings. The van der Waals surface area contributed by atoms with Crippen molar-refractivity contribution >= 4 is 5.91 Å². The van der Waals surface area contributed by atoms with Gasteiger partial charge in [0.15, 0.2) is 0 Å². The smallest absolute Gasteiger partial charge is 0.267 e.